The number of nitrogens with zero attached hydrogens (tertiary/aromatic N) is 2. The van der Waals surface area contributed by atoms with Crippen molar-refractivity contribution in [2.24, 2.45) is 5.92 Å². The number of aryl methyl sites for hydroxylation is 1. The molecule has 0 spiro atoms. The van der Waals surface area contributed by atoms with Gasteiger partial charge >= 0.3 is 0 Å². The molecule has 152 valence electrons. The van der Waals surface area contributed by atoms with E-state index < -0.39 is 0 Å². The molecule has 5 nitrogen and oxygen atoms in total. The highest BCUT2D eigenvalue weighted by molar-refractivity contribution is 6.35. The van der Waals surface area contributed by atoms with Crippen molar-refractivity contribution in [3.63, 3.8) is 0 Å². The van der Waals surface area contributed by atoms with Crippen LogP contribution in [0.3, 0.4) is 0 Å². The zero-order chi connectivity index (χ0) is 20.3. The van der Waals surface area contributed by atoms with Crippen LogP contribution in [0.25, 0.3) is 5.57 Å². The smallest absolute Gasteiger partial charge is 0.277 e. The molecule has 1 fully saturated rings. The first-order chi connectivity index (χ1) is 13.4. The van der Waals surface area contributed by atoms with E-state index >= 15 is 0 Å². The minimum Gasteiger partial charge on any atom is -0.379 e. The molecule has 0 aliphatic carbocycles. The van der Waals surface area contributed by atoms with Gasteiger partial charge in [0.1, 0.15) is 5.70 Å². The Hall–Kier alpha value is -2.14. The van der Waals surface area contributed by atoms with Crippen molar-refractivity contribution >= 4 is 17.4 Å². The number of piperidine rings is 1. The number of hydrogen-bond donors (Lipinski definition) is 0. The molecule has 5 heteroatoms. The number of imide groups is 1. The van der Waals surface area contributed by atoms with Gasteiger partial charge in [0.05, 0.1) is 11.7 Å². The third kappa shape index (κ3) is 4.46. The predicted molar refractivity (Wildman–Crippen MR) is 110 cm³/mol. The van der Waals surface area contributed by atoms with Gasteiger partial charge in [0.25, 0.3) is 11.8 Å². The largest absolute Gasteiger partial charge is 0.379 e. The number of carbonyl (C=O) groups is 2. The molecule has 0 bridgehead atoms. The second kappa shape index (κ2) is 8.91. The summed E-state index contributed by atoms with van der Waals surface area (Å²) >= 11 is 0. The van der Waals surface area contributed by atoms with Gasteiger partial charge in [-0.05, 0) is 51.5 Å². The molecular weight excluding hydrogens is 352 g/mol. The maximum Gasteiger partial charge on any atom is 0.277 e. The van der Waals surface area contributed by atoms with Crippen molar-refractivity contribution in [2.75, 3.05) is 26.2 Å². The average Bonchev–Trinajstić information content (AvgIpc) is 2.91. The first kappa shape index (κ1) is 20.6. The molecule has 0 aromatic heterocycles. The Morgan fingerprint density at radius 3 is 2.32 bits per heavy atom. The van der Waals surface area contributed by atoms with E-state index in [1.807, 2.05) is 45.0 Å². The molecule has 1 aromatic carbocycles. The second-order valence-corrected chi connectivity index (χ2v) is 8.29. The van der Waals surface area contributed by atoms with Crippen molar-refractivity contribution in [1.82, 2.24) is 9.80 Å². The van der Waals surface area contributed by atoms with Crippen molar-refractivity contribution in [3.8, 4) is 0 Å². The topological polar surface area (TPSA) is 49.9 Å². The number of carbonyl (C=O) groups excluding carboxylic acids is 2. The molecule has 0 atom stereocenters. The molecule has 2 heterocycles. The van der Waals surface area contributed by atoms with Crippen LogP contribution in [0.5, 0.6) is 0 Å². The molecule has 0 N–H and O–H groups in total. The molecule has 1 aromatic rings. The molecule has 28 heavy (non-hydrogen) atoms. The lowest BCUT2D eigenvalue weighted by Crippen LogP contribution is -2.39. The van der Waals surface area contributed by atoms with Crippen LogP contribution < -0.4 is 0 Å². The van der Waals surface area contributed by atoms with Crippen molar-refractivity contribution in [1.29, 1.82) is 0 Å². The fourth-order valence-electron chi connectivity index (χ4n) is 3.81. The zero-order valence-electron chi connectivity index (χ0n) is 17.5. The minimum absolute atomic E-state index is 0.150. The Morgan fingerprint density at radius 1 is 1.07 bits per heavy atom. The summed E-state index contributed by atoms with van der Waals surface area (Å²) in [5.41, 5.74) is 3.12. The summed E-state index contributed by atoms with van der Waals surface area (Å²) in [5, 5.41) is 0. The van der Waals surface area contributed by atoms with Crippen LogP contribution in [-0.2, 0) is 14.3 Å². The van der Waals surface area contributed by atoms with Crippen molar-refractivity contribution < 1.29 is 14.3 Å². The Bertz CT molecular complexity index is 744. The quantitative estimate of drug-likeness (QED) is 0.532. The number of ether oxygens (including phenoxy) is 1. The summed E-state index contributed by atoms with van der Waals surface area (Å²) in [7, 11) is 0. The summed E-state index contributed by atoms with van der Waals surface area (Å²) in [5.74, 6) is 0.336. The summed E-state index contributed by atoms with van der Waals surface area (Å²) in [6.07, 6.45) is 2.90. The van der Waals surface area contributed by atoms with Crippen LogP contribution in [0.4, 0.5) is 0 Å². The van der Waals surface area contributed by atoms with E-state index in [-0.39, 0.29) is 17.9 Å². The lowest BCUT2D eigenvalue weighted by Gasteiger charge is -2.32. The Labute approximate surface area is 168 Å². The third-order valence-electron chi connectivity index (χ3n) is 5.56. The van der Waals surface area contributed by atoms with Crippen molar-refractivity contribution in [2.45, 2.75) is 53.1 Å². The monoisotopic (exact) mass is 384 g/mol. The first-order valence-corrected chi connectivity index (χ1v) is 10.4. The number of hydrogen-bond acceptors (Lipinski definition) is 4. The predicted octanol–water partition coefficient (Wildman–Crippen LogP) is 3.62. The lowest BCUT2D eigenvalue weighted by molar-refractivity contribution is -0.137. The van der Waals surface area contributed by atoms with Gasteiger partial charge in [0.2, 0.25) is 0 Å². The van der Waals surface area contributed by atoms with E-state index in [9.17, 15) is 9.59 Å². The van der Waals surface area contributed by atoms with Gasteiger partial charge < -0.3 is 9.64 Å². The summed E-state index contributed by atoms with van der Waals surface area (Å²) in [6.45, 7) is 10.8. The summed E-state index contributed by atoms with van der Waals surface area (Å²) in [6, 6.07) is 7.89. The molecule has 0 unspecified atom stereocenters. The van der Waals surface area contributed by atoms with Crippen molar-refractivity contribution in [3.05, 3.63) is 41.1 Å². The van der Waals surface area contributed by atoms with Gasteiger partial charge in [-0.1, -0.05) is 36.8 Å². The van der Waals surface area contributed by atoms with E-state index in [2.05, 4.69) is 11.8 Å². The van der Waals surface area contributed by atoms with E-state index in [0.29, 0.717) is 36.8 Å². The zero-order valence-corrected chi connectivity index (χ0v) is 17.5. The first-order valence-electron chi connectivity index (χ1n) is 10.4. The number of likely N-dealkylation sites (tertiary alicyclic amines) is 1. The van der Waals surface area contributed by atoms with Gasteiger partial charge in [-0.2, -0.15) is 0 Å². The minimum atomic E-state index is -0.174. The van der Waals surface area contributed by atoms with E-state index in [4.69, 9.17) is 4.74 Å². The summed E-state index contributed by atoms with van der Waals surface area (Å²) in [4.78, 5) is 30.0. The number of rotatable bonds is 7. The second-order valence-electron chi connectivity index (χ2n) is 8.29. The maximum atomic E-state index is 13.2. The highest BCUT2D eigenvalue weighted by Crippen LogP contribution is 2.34. The molecule has 2 aliphatic rings. The standard InChI is InChI=1S/C23H32N2O3/c1-16(2)28-15-5-12-25-22(26)20(19-8-6-17(3)7-9-19)21(23(25)27)24-13-10-18(4)11-14-24/h6-9,16,18H,5,10-15H2,1-4H3. The Balaban J connectivity index is 1.86. The molecule has 3 rings (SSSR count). The van der Waals surface area contributed by atoms with Gasteiger partial charge in [0.15, 0.2) is 0 Å². The van der Waals surface area contributed by atoms with Gasteiger partial charge in [0, 0.05) is 26.2 Å². The SMILES string of the molecule is Cc1ccc(C2=C(N3CCC(C)CC3)C(=O)N(CCCOC(C)C)C2=O)cc1. The van der Waals surface area contributed by atoms with Gasteiger partial charge in [-0.25, -0.2) is 0 Å². The maximum absolute atomic E-state index is 13.2. The van der Waals surface area contributed by atoms with E-state index in [0.717, 1.165) is 37.1 Å². The van der Waals surface area contributed by atoms with Gasteiger partial charge in [-0.15, -0.1) is 0 Å². The highest BCUT2D eigenvalue weighted by Gasteiger charge is 2.41. The Kier molecular flexibility index (Phi) is 6.55. The van der Waals surface area contributed by atoms with E-state index in [1.165, 1.54) is 4.90 Å². The molecule has 2 aliphatic heterocycles. The normalized spacial score (nSPS) is 18.8. The molecule has 2 amide bonds. The molecule has 0 radical (unpaired) electrons. The molecular formula is C23H32N2O3. The summed E-state index contributed by atoms with van der Waals surface area (Å²) < 4.78 is 5.58. The third-order valence-corrected chi connectivity index (χ3v) is 5.56. The number of amides is 2. The van der Waals surface area contributed by atoms with E-state index in [1.54, 1.807) is 0 Å². The highest BCUT2D eigenvalue weighted by atomic mass is 16.5. The fraction of sp³-hybridized carbons (Fsp3) is 0.565. The van der Waals surface area contributed by atoms with Gasteiger partial charge in [-0.3, -0.25) is 14.5 Å². The van der Waals surface area contributed by atoms with Crippen LogP contribution in [0.15, 0.2) is 30.0 Å². The lowest BCUT2D eigenvalue weighted by atomic mass is 9.97. The fourth-order valence-corrected chi connectivity index (χ4v) is 3.81. The van der Waals surface area contributed by atoms with Crippen LogP contribution in [-0.4, -0.2) is 54.0 Å². The van der Waals surface area contributed by atoms with Crippen LogP contribution in [0.2, 0.25) is 0 Å². The number of benzene rings is 1. The van der Waals surface area contributed by atoms with Crippen LogP contribution in [0.1, 0.15) is 51.2 Å². The average molecular weight is 385 g/mol. The van der Waals surface area contributed by atoms with Crippen LogP contribution >= 0.6 is 0 Å². The molecule has 1 saturated heterocycles. The molecule has 0 saturated carbocycles. The van der Waals surface area contributed by atoms with Crippen LogP contribution in [0, 0.1) is 12.8 Å². The Morgan fingerprint density at radius 2 is 1.71 bits per heavy atom.